The molecule has 92 valence electrons. The Morgan fingerprint density at radius 3 is 2.24 bits per heavy atom. The van der Waals surface area contributed by atoms with Crippen LogP contribution >= 0.6 is 0 Å². The molecular formula is C12H14O5. The molecule has 1 rings (SSSR count). The van der Waals surface area contributed by atoms with Crippen molar-refractivity contribution in [2.24, 2.45) is 0 Å². The zero-order chi connectivity index (χ0) is 13.0. The van der Waals surface area contributed by atoms with Crippen LogP contribution in [0.25, 0.3) is 0 Å². The van der Waals surface area contributed by atoms with Crippen LogP contribution in [0.4, 0.5) is 0 Å². The minimum atomic E-state index is -0.833. The summed E-state index contributed by atoms with van der Waals surface area (Å²) in [6.07, 6.45) is -0.833. The van der Waals surface area contributed by atoms with Crippen LogP contribution in [-0.2, 0) is 9.59 Å². The Morgan fingerprint density at radius 1 is 1.18 bits per heavy atom. The molecule has 0 radical (unpaired) electrons. The molecule has 0 aromatic heterocycles. The summed E-state index contributed by atoms with van der Waals surface area (Å²) in [5.74, 6) is -0.387. The lowest BCUT2D eigenvalue weighted by Crippen LogP contribution is -2.07. The molecule has 0 aliphatic heterocycles. The van der Waals surface area contributed by atoms with Crippen molar-refractivity contribution in [3.8, 4) is 11.5 Å². The van der Waals surface area contributed by atoms with Crippen LogP contribution in [0.1, 0.15) is 32.4 Å². The highest BCUT2D eigenvalue weighted by Crippen LogP contribution is 2.29. The van der Waals surface area contributed by atoms with Gasteiger partial charge in [-0.2, -0.15) is 0 Å². The summed E-state index contributed by atoms with van der Waals surface area (Å²) in [5.41, 5.74) is 0.388. The summed E-state index contributed by atoms with van der Waals surface area (Å²) >= 11 is 0. The van der Waals surface area contributed by atoms with E-state index in [1.54, 1.807) is 0 Å². The van der Waals surface area contributed by atoms with Gasteiger partial charge in [0.1, 0.15) is 11.5 Å². The van der Waals surface area contributed by atoms with Gasteiger partial charge in [0.2, 0.25) is 0 Å². The number of esters is 2. The van der Waals surface area contributed by atoms with Crippen molar-refractivity contribution in [3.05, 3.63) is 23.8 Å². The van der Waals surface area contributed by atoms with Gasteiger partial charge in [-0.15, -0.1) is 0 Å². The van der Waals surface area contributed by atoms with Crippen LogP contribution in [0.3, 0.4) is 0 Å². The number of rotatable bonds is 3. The lowest BCUT2D eigenvalue weighted by atomic mass is 10.1. The molecule has 1 atom stereocenters. The van der Waals surface area contributed by atoms with E-state index in [-0.39, 0.29) is 5.75 Å². The summed E-state index contributed by atoms with van der Waals surface area (Å²) in [7, 11) is 0. The number of aliphatic hydroxyl groups excluding tert-OH is 1. The monoisotopic (exact) mass is 238 g/mol. The van der Waals surface area contributed by atoms with Crippen molar-refractivity contribution in [2.45, 2.75) is 26.9 Å². The fraction of sp³-hybridized carbons (Fsp3) is 0.333. The van der Waals surface area contributed by atoms with E-state index in [9.17, 15) is 14.7 Å². The molecule has 1 aromatic rings. The van der Waals surface area contributed by atoms with Crippen LogP contribution in [0.2, 0.25) is 0 Å². The highest BCUT2D eigenvalue weighted by atomic mass is 16.5. The standard InChI is InChI=1S/C12H14O5/c1-7(13)11-6-10(16-8(2)14)4-5-12(11)17-9(3)15/h4-7,13H,1-3H3. The second-order valence-electron chi connectivity index (χ2n) is 3.56. The zero-order valence-electron chi connectivity index (χ0n) is 9.89. The molecule has 0 spiro atoms. The third kappa shape index (κ3) is 3.88. The number of aliphatic hydroxyl groups is 1. The maximum atomic E-state index is 10.9. The first-order chi connectivity index (χ1) is 7.90. The van der Waals surface area contributed by atoms with Gasteiger partial charge >= 0.3 is 11.9 Å². The molecule has 0 bridgehead atoms. The van der Waals surface area contributed by atoms with Crippen molar-refractivity contribution in [2.75, 3.05) is 0 Å². The second kappa shape index (κ2) is 5.45. The number of carbonyl (C=O) groups is 2. The van der Waals surface area contributed by atoms with E-state index in [0.29, 0.717) is 11.3 Å². The van der Waals surface area contributed by atoms with Gasteiger partial charge in [-0.1, -0.05) is 0 Å². The molecule has 17 heavy (non-hydrogen) atoms. The summed E-state index contributed by atoms with van der Waals surface area (Å²) in [5, 5.41) is 9.54. The highest BCUT2D eigenvalue weighted by molar-refractivity contribution is 5.71. The summed E-state index contributed by atoms with van der Waals surface area (Å²) in [4.78, 5) is 21.6. The Bertz CT molecular complexity index is 437. The van der Waals surface area contributed by atoms with Crippen LogP contribution in [0.15, 0.2) is 18.2 Å². The van der Waals surface area contributed by atoms with Crippen LogP contribution in [0, 0.1) is 0 Å². The average Bonchev–Trinajstić information content (AvgIpc) is 2.18. The molecule has 0 amide bonds. The van der Waals surface area contributed by atoms with Gasteiger partial charge in [0.25, 0.3) is 0 Å². The summed E-state index contributed by atoms with van der Waals surface area (Å²) < 4.78 is 9.80. The van der Waals surface area contributed by atoms with Crippen molar-refractivity contribution >= 4 is 11.9 Å². The summed E-state index contributed by atoms with van der Waals surface area (Å²) in [6, 6.07) is 4.43. The normalized spacial score (nSPS) is 11.8. The number of carbonyl (C=O) groups excluding carboxylic acids is 2. The minimum absolute atomic E-state index is 0.253. The molecule has 0 heterocycles. The lowest BCUT2D eigenvalue weighted by Gasteiger charge is -2.12. The quantitative estimate of drug-likeness (QED) is 0.639. The fourth-order valence-corrected chi connectivity index (χ4v) is 1.33. The number of hydrogen-bond donors (Lipinski definition) is 1. The smallest absolute Gasteiger partial charge is 0.308 e. The van der Waals surface area contributed by atoms with E-state index < -0.39 is 18.0 Å². The van der Waals surface area contributed by atoms with Gasteiger partial charge in [-0.25, -0.2) is 0 Å². The van der Waals surface area contributed by atoms with Gasteiger partial charge < -0.3 is 14.6 Å². The highest BCUT2D eigenvalue weighted by Gasteiger charge is 2.13. The largest absolute Gasteiger partial charge is 0.427 e. The molecule has 1 aromatic carbocycles. The van der Waals surface area contributed by atoms with Crippen molar-refractivity contribution < 1.29 is 24.2 Å². The summed E-state index contributed by atoms with van der Waals surface area (Å²) in [6.45, 7) is 4.08. The molecular weight excluding hydrogens is 224 g/mol. The molecule has 5 heteroatoms. The second-order valence-corrected chi connectivity index (χ2v) is 3.56. The maximum absolute atomic E-state index is 10.9. The Balaban J connectivity index is 3.07. The molecule has 0 aliphatic rings. The van der Waals surface area contributed by atoms with E-state index in [1.807, 2.05) is 0 Å². The van der Waals surface area contributed by atoms with Gasteiger partial charge in [0, 0.05) is 19.4 Å². The van der Waals surface area contributed by atoms with Gasteiger partial charge in [0.15, 0.2) is 0 Å². The predicted molar refractivity (Wildman–Crippen MR) is 59.7 cm³/mol. The first-order valence-electron chi connectivity index (χ1n) is 5.09. The average molecular weight is 238 g/mol. The molecule has 0 fully saturated rings. The van der Waals surface area contributed by atoms with E-state index in [1.165, 1.54) is 39.0 Å². The van der Waals surface area contributed by atoms with Crippen molar-refractivity contribution in [1.82, 2.24) is 0 Å². The Hall–Kier alpha value is -1.88. The Kier molecular flexibility index (Phi) is 4.23. The van der Waals surface area contributed by atoms with E-state index in [2.05, 4.69) is 0 Å². The Labute approximate surface area is 99.0 Å². The predicted octanol–water partition coefficient (Wildman–Crippen LogP) is 1.59. The maximum Gasteiger partial charge on any atom is 0.308 e. The zero-order valence-corrected chi connectivity index (χ0v) is 9.89. The Morgan fingerprint density at radius 2 is 1.76 bits per heavy atom. The molecule has 1 unspecified atom stereocenters. The third-order valence-corrected chi connectivity index (χ3v) is 1.95. The van der Waals surface area contributed by atoms with Crippen LogP contribution < -0.4 is 9.47 Å². The lowest BCUT2D eigenvalue weighted by molar-refractivity contribution is -0.133. The van der Waals surface area contributed by atoms with Gasteiger partial charge in [-0.3, -0.25) is 9.59 Å². The first kappa shape index (κ1) is 13.2. The molecule has 1 N–H and O–H groups in total. The van der Waals surface area contributed by atoms with Crippen molar-refractivity contribution in [1.29, 1.82) is 0 Å². The van der Waals surface area contributed by atoms with E-state index in [0.717, 1.165) is 0 Å². The number of benzene rings is 1. The van der Waals surface area contributed by atoms with E-state index in [4.69, 9.17) is 9.47 Å². The third-order valence-electron chi connectivity index (χ3n) is 1.95. The van der Waals surface area contributed by atoms with Gasteiger partial charge in [-0.05, 0) is 25.1 Å². The molecule has 0 saturated heterocycles. The van der Waals surface area contributed by atoms with E-state index >= 15 is 0 Å². The van der Waals surface area contributed by atoms with Crippen LogP contribution in [0.5, 0.6) is 11.5 Å². The molecule has 0 saturated carbocycles. The first-order valence-corrected chi connectivity index (χ1v) is 5.09. The molecule has 5 nitrogen and oxygen atoms in total. The number of ether oxygens (including phenoxy) is 2. The minimum Gasteiger partial charge on any atom is -0.427 e. The van der Waals surface area contributed by atoms with Crippen LogP contribution in [-0.4, -0.2) is 17.0 Å². The van der Waals surface area contributed by atoms with Gasteiger partial charge in [0.05, 0.1) is 6.10 Å². The fourth-order valence-electron chi connectivity index (χ4n) is 1.33. The molecule has 0 aliphatic carbocycles. The van der Waals surface area contributed by atoms with Crippen molar-refractivity contribution in [3.63, 3.8) is 0 Å². The topological polar surface area (TPSA) is 72.8 Å². The SMILES string of the molecule is CC(=O)Oc1ccc(OC(C)=O)c(C(C)O)c1. The number of hydrogen-bond acceptors (Lipinski definition) is 5.